The van der Waals surface area contributed by atoms with Gasteiger partial charge in [-0.3, -0.25) is 0 Å². The summed E-state index contributed by atoms with van der Waals surface area (Å²) in [5, 5.41) is 6.40. The second kappa shape index (κ2) is 5.32. The molecule has 1 aliphatic rings. The Morgan fingerprint density at radius 2 is 2.13 bits per heavy atom. The van der Waals surface area contributed by atoms with Crippen molar-refractivity contribution < 1.29 is 21.6 Å². The summed E-state index contributed by atoms with van der Waals surface area (Å²) in [7, 11) is -3.00. The molecule has 0 radical (unpaired) electrons. The average molecular weight is 349 g/mol. The van der Waals surface area contributed by atoms with Crippen LogP contribution >= 0.6 is 0 Å². The Labute approximate surface area is 129 Å². The molecule has 23 heavy (non-hydrogen) atoms. The molecule has 3 heterocycles. The Hall–Kier alpha value is -1.91. The molecule has 1 atom stereocenters. The summed E-state index contributed by atoms with van der Waals surface area (Å²) in [4.78, 5) is 7.31. The number of hydrogen-bond acceptors (Lipinski definition) is 6. The molecule has 2 aromatic rings. The first kappa shape index (κ1) is 16.0. The van der Waals surface area contributed by atoms with Crippen molar-refractivity contribution in [1.29, 1.82) is 0 Å². The van der Waals surface area contributed by atoms with Crippen LogP contribution in [0.5, 0.6) is 0 Å². The molecular formula is C12H14F3N5O2S. The van der Waals surface area contributed by atoms with Gasteiger partial charge in [-0.1, -0.05) is 0 Å². The minimum atomic E-state index is -4.65. The molecule has 0 amide bonds. The first-order chi connectivity index (χ1) is 10.6. The smallest absolute Gasteiger partial charge is 0.370 e. The van der Waals surface area contributed by atoms with Crippen molar-refractivity contribution in [2.75, 3.05) is 23.4 Å². The Kier molecular flexibility index (Phi) is 3.69. The number of aromatic nitrogens is 4. The summed E-state index contributed by atoms with van der Waals surface area (Å²) >= 11 is 0. The highest BCUT2D eigenvalue weighted by atomic mass is 32.2. The molecule has 3 rings (SSSR count). The van der Waals surface area contributed by atoms with E-state index in [9.17, 15) is 21.6 Å². The Bertz CT molecular complexity index is 846. The van der Waals surface area contributed by atoms with E-state index >= 15 is 0 Å². The molecule has 0 saturated carbocycles. The molecule has 7 nitrogen and oxygen atoms in total. The van der Waals surface area contributed by atoms with E-state index in [0.29, 0.717) is 24.5 Å². The van der Waals surface area contributed by atoms with Gasteiger partial charge < -0.3 is 5.32 Å². The number of anilines is 1. The zero-order valence-electron chi connectivity index (χ0n) is 12.1. The highest BCUT2D eigenvalue weighted by Gasteiger charge is 2.37. The van der Waals surface area contributed by atoms with Gasteiger partial charge >= 0.3 is 6.18 Å². The van der Waals surface area contributed by atoms with Crippen molar-refractivity contribution in [3.8, 4) is 0 Å². The summed E-state index contributed by atoms with van der Waals surface area (Å²) in [6.07, 6.45) is -4.12. The molecule has 0 spiro atoms. The highest BCUT2D eigenvalue weighted by Crippen LogP contribution is 2.27. The first-order valence-electron chi connectivity index (χ1n) is 6.90. The standard InChI is InChI=1S/C12H14F3N5O2S/c1-7-4-9(16-5-8-2-3-23(21,22)6-8)20-11(17-7)18-10(19-20)12(13,14)15/h4,8,16H,2-3,5-6H2,1H3/t8-/m1/s1. The summed E-state index contributed by atoms with van der Waals surface area (Å²) in [5.41, 5.74) is 0.486. The van der Waals surface area contributed by atoms with Crippen LogP contribution in [0.2, 0.25) is 0 Å². The molecule has 0 aromatic carbocycles. The van der Waals surface area contributed by atoms with Crippen LogP contribution in [0, 0.1) is 12.8 Å². The molecule has 0 unspecified atom stereocenters. The summed E-state index contributed by atoms with van der Waals surface area (Å²) in [6.45, 7) is 1.96. The Morgan fingerprint density at radius 3 is 2.74 bits per heavy atom. The van der Waals surface area contributed by atoms with Crippen LogP contribution in [0.4, 0.5) is 19.0 Å². The van der Waals surface area contributed by atoms with Crippen LogP contribution < -0.4 is 5.32 Å². The number of halogens is 3. The Balaban J connectivity index is 1.86. The minimum absolute atomic E-state index is 0.0749. The first-order valence-corrected chi connectivity index (χ1v) is 8.72. The van der Waals surface area contributed by atoms with E-state index in [-0.39, 0.29) is 23.2 Å². The zero-order chi connectivity index (χ0) is 16.8. The van der Waals surface area contributed by atoms with Crippen molar-refractivity contribution in [3.63, 3.8) is 0 Å². The van der Waals surface area contributed by atoms with Crippen LogP contribution in [0.15, 0.2) is 6.07 Å². The van der Waals surface area contributed by atoms with Gasteiger partial charge in [-0.25, -0.2) is 13.4 Å². The lowest BCUT2D eigenvalue weighted by Crippen LogP contribution is -2.18. The van der Waals surface area contributed by atoms with E-state index in [1.54, 1.807) is 13.0 Å². The average Bonchev–Trinajstić information content (AvgIpc) is 2.98. The van der Waals surface area contributed by atoms with Crippen molar-refractivity contribution in [1.82, 2.24) is 19.6 Å². The van der Waals surface area contributed by atoms with E-state index in [0.717, 1.165) is 4.52 Å². The minimum Gasteiger partial charge on any atom is -0.370 e. The molecule has 126 valence electrons. The maximum absolute atomic E-state index is 12.7. The van der Waals surface area contributed by atoms with E-state index in [1.165, 1.54) is 0 Å². The summed E-state index contributed by atoms with van der Waals surface area (Å²) < 4.78 is 62.0. The molecule has 11 heteroatoms. The lowest BCUT2D eigenvalue weighted by Gasteiger charge is -2.12. The normalized spacial score (nSPS) is 21.0. The highest BCUT2D eigenvalue weighted by molar-refractivity contribution is 7.91. The second-order valence-electron chi connectivity index (χ2n) is 5.58. The van der Waals surface area contributed by atoms with E-state index in [4.69, 9.17) is 0 Å². The van der Waals surface area contributed by atoms with Gasteiger partial charge in [-0.2, -0.15) is 22.7 Å². The largest absolute Gasteiger partial charge is 0.453 e. The summed E-state index contributed by atoms with van der Waals surface area (Å²) in [6, 6.07) is 1.55. The Morgan fingerprint density at radius 1 is 1.39 bits per heavy atom. The number of fused-ring (bicyclic) bond motifs is 1. The summed E-state index contributed by atoms with van der Waals surface area (Å²) in [5.74, 6) is -0.959. The maximum Gasteiger partial charge on any atom is 0.453 e. The van der Waals surface area contributed by atoms with Gasteiger partial charge in [0, 0.05) is 18.3 Å². The number of rotatable bonds is 3. The van der Waals surface area contributed by atoms with Crippen molar-refractivity contribution in [2.24, 2.45) is 5.92 Å². The lowest BCUT2D eigenvalue weighted by molar-refractivity contribution is -0.144. The number of sulfone groups is 1. The van der Waals surface area contributed by atoms with Gasteiger partial charge in [0.2, 0.25) is 0 Å². The van der Waals surface area contributed by atoms with Crippen LogP contribution in [-0.4, -0.2) is 46.1 Å². The molecule has 1 aliphatic heterocycles. The quantitative estimate of drug-likeness (QED) is 0.898. The zero-order valence-corrected chi connectivity index (χ0v) is 12.9. The monoisotopic (exact) mass is 349 g/mol. The predicted octanol–water partition coefficient (Wildman–Crippen LogP) is 1.30. The third-order valence-corrected chi connectivity index (χ3v) is 5.43. The number of alkyl halides is 3. The van der Waals surface area contributed by atoms with Crippen LogP contribution in [0.3, 0.4) is 0 Å². The number of aryl methyl sites for hydroxylation is 1. The lowest BCUT2D eigenvalue weighted by atomic mass is 10.1. The third-order valence-electron chi connectivity index (χ3n) is 3.59. The fraction of sp³-hybridized carbons (Fsp3) is 0.583. The topological polar surface area (TPSA) is 89.2 Å². The van der Waals surface area contributed by atoms with Gasteiger partial charge in [-0.15, -0.1) is 5.10 Å². The van der Waals surface area contributed by atoms with Gasteiger partial charge in [0.25, 0.3) is 11.6 Å². The van der Waals surface area contributed by atoms with Crippen LogP contribution in [0.1, 0.15) is 17.9 Å². The number of nitrogens with one attached hydrogen (secondary N) is 1. The number of hydrogen-bond donors (Lipinski definition) is 1. The van der Waals surface area contributed by atoms with Crippen molar-refractivity contribution in [3.05, 3.63) is 17.6 Å². The number of nitrogens with zero attached hydrogens (tertiary/aromatic N) is 4. The molecule has 2 aromatic heterocycles. The molecule has 1 saturated heterocycles. The molecule has 1 N–H and O–H groups in total. The fourth-order valence-corrected chi connectivity index (χ4v) is 4.38. The van der Waals surface area contributed by atoms with Crippen LogP contribution in [0.25, 0.3) is 5.78 Å². The SMILES string of the molecule is Cc1cc(NC[C@H]2CCS(=O)(=O)C2)n2nc(C(F)(F)F)nc2n1. The van der Waals surface area contributed by atoms with E-state index in [2.05, 4.69) is 20.4 Å². The van der Waals surface area contributed by atoms with Gasteiger partial charge in [0.15, 0.2) is 9.84 Å². The van der Waals surface area contributed by atoms with Crippen molar-refractivity contribution >= 4 is 21.4 Å². The van der Waals surface area contributed by atoms with Crippen molar-refractivity contribution in [2.45, 2.75) is 19.5 Å². The third kappa shape index (κ3) is 3.38. The predicted molar refractivity (Wildman–Crippen MR) is 75.8 cm³/mol. The maximum atomic E-state index is 12.7. The molecule has 0 bridgehead atoms. The van der Waals surface area contributed by atoms with Gasteiger partial charge in [0.1, 0.15) is 5.82 Å². The molecular weight excluding hydrogens is 335 g/mol. The van der Waals surface area contributed by atoms with E-state index < -0.39 is 21.8 Å². The molecule has 0 aliphatic carbocycles. The van der Waals surface area contributed by atoms with Crippen LogP contribution in [-0.2, 0) is 16.0 Å². The molecule has 1 fully saturated rings. The van der Waals surface area contributed by atoms with E-state index in [1.807, 2.05) is 0 Å². The fourth-order valence-electron chi connectivity index (χ4n) is 2.51. The van der Waals surface area contributed by atoms with Gasteiger partial charge in [-0.05, 0) is 19.3 Å². The van der Waals surface area contributed by atoms with Gasteiger partial charge in [0.05, 0.1) is 11.5 Å². The second-order valence-corrected chi connectivity index (χ2v) is 7.81.